The third-order valence-corrected chi connectivity index (χ3v) is 4.48. The fourth-order valence-electron chi connectivity index (χ4n) is 2.49. The molecule has 7 nitrogen and oxygen atoms in total. The SMILES string of the molecule is O=C(NC[C@H](c1ccsc1)n1cccn1)C(=O)Nc1ccc(OC(F)(F)F)cc1. The highest BCUT2D eigenvalue weighted by Gasteiger charge is 2.31. The summed E-state index contributed by atoms with van der Waals surface area (Å²) in [5.74, 6) is -2.26. The van der Waals surface area contributed by atoms with E-state index in [-0.39, 0.29) is 18.3 Å². The number of amides is 2. The number of nitrogens with one attached hydrogen (secondary N) is 2. The lowest BCUT2D eigenvalue weighted by Gasteiger charge is -2.17. The van der Waals surface area contributed by atoms with Crippen molar-refractivity contribution in [2.75, 3.05) is 11.9 Å². The Labute approximate surface area is 167 Å². The molecule has 0 aliphatic rings. The van der Waals surface area contributed by atoms with Crippen molar-refractivity contribution in [3.8, 4) is 5.75 Å². The quantitative estimate of drug-likeness (QED) is 0.596. The average Bonchev–Trinajstić information content (AvgIpc) is 3.36. The van der Waals surface area contributed by atoms with Gasteiger partial charge in [0, 0.05) is 24.6 Å². The number of aromatic nitrogens is 2. The zero-order valence-corrected chi connectivity index (χ0v) is 15.5. The first-order valence-electron chi connectivity index (χ1n) is 8.28. The molecule has 0 saturated carbocycles. The van der Waals surface area contributed by atoms with Gasteiger partial charge in [-0.2, -0.15) is 16.4 Å². The Morgan fingerprint density at radius 1 is 1.17 bits per heavy atom. The van der Waals surface area contributed by atoms with Crippen molar-refractivity contribution in [2.45, 2.75) is 12.4 Å². The van der Waals surface area contributed by atoms with Crippen molar-refractivity contribution < 1.29 is 27.5 Å². The molecule has 3 aromatic rings. The molecule has 29 heavy (non-hydrogen) atoms. The van der Waals surface area contributed by atoms with Crippen LogP contribution in [0, 0.1) is 0 Å². The van der Waals surface area contributed by atoms with Crippen LogP contribution >= 0.6 is 11.3 Å². The Morgan fingerprint density at radius 2 is 1.93 bits per heavy atom. The summed E-state index contributed by atoms with van der Waals surface area (Å²) >= 11 is 1.50. The summed E-state index contributed by atoms with van der Waals surface area (Å²) in [6.07, 6.45) is -1.45. The van der Waals surface area contributed by atoms with Crippen LogP contribution in [-0.4, -0.2) is 34.5 Å². The Hall–Kier alpha value is -3.34. The molecule has 0 radical (unpaired) electrons. The van der Waals surface area contributed by atoms with E-state index in [1.807, 2.05) is 16.8 Å². The van der Waals surface area contributed by atoms with Crippen LogP contribution in [-0.2, 0) is 9.59 Å². The molecule has 2 N–H and O–H groups in total. The Kier molecular flexibility index (Phi) is 6.17. The minimum atomic E-state index is -4.81. The molecule has 2 aromatic heterocycles. The molecule has 2 amide bonds. The molecule has 0 aliphatic heterocycles. The Bertz CT molecular complexity index is 908. The molecule has 2 heterocycles. The summed E-state index contributed by atoms with van der Waals surface area (Å²) in [7, 11) is 0. The number of carbonyl (C=O) groups is 2. The first-order valence-corrected chi connectivity index (χ1v) is 9.22. The molecule has 3 rings (SSSR count). The number of hydrogen-bond donors (Lipinski definition) is 2. The van der Waals surface area contributed by atoms with Gasteiger partial charge in [0.2, 0.25) is 0 Å². The predicted molar refractivity (Wildman–Crippen MR) is 99.4 cm³/mol. The van der Waals surface area contributed by atoms with Crippen molar-refractivity contribution in [1.82, 2.24) is 15.1 Å². The molecule has 0 unspecified atom stereocenters. The van der Waals surface area contributed by atoms with Crippen LogP contribution in [0.5, 0.6) is 5.75 Å². The van der Waals surface area contributed by atoms with Crippen LogP contribution < -0.4 is 15.4 Å². The summed E-state index contributed by atoms with van der Waals surface area (Å²) in [4.78, 5) is 24.2. The van der Waals surface area contributed by atoms with Gasteiger partial charge in [-0.25, -0.2) is 0 Å². The number of benzene rings is 1. The van der Waals surface area contributed by atoms with Crippen molar-refractivity contribution in [3.63, 3.8) is 0 Å². The van der Waals surface area contributed by atoms with Gasteiger partial charge in [-0.3, -0.25) is 14.3 Å². The fourth-order valence-corrected chi connectivity index (χ4v) is 3.20. The summed E-state index contributed by atoms with van der Waals surface area (Å²) in [6.45, 7) is 0.128. The second-order valence-corrected chi connectivity index (χ2v) is 6.57. The number of alkyl halides is 3. The summed E-state index contributed by atoms with van der Waals surface area (Å²) in [6, 6.07) is 7.82. The molecule has 152 valence electrons. The van der Waals surface area contributed by atoms with Crippen LogP contribution in [0.25, 0.3) is 0 Å². The van der Waals surface area contributed by atoms with Crippen molar-refractivity contribution in [1.29, 1.82) is 0 Å². The maximum Gasteiger partial charge on any atom is 0.573 e. The topological polar surface area (TPSA) is 85.2 Å². The first kappa shape index (κ1) is 20.4. The van der Waals surface area contributed by atoms with Crippen molar-refractivity contribution in [2.24, 2.45) is 0 Å². The smallest absolute Gasteiger partial charge is 0.406 e. The van der Waals surface area contributed by atoms with Gasteiger partial charge < -0.3 is 15.4 Å². The third kappa shape index (κ3) is 5.82. The normalized spacial score (nSPS) is 12.2. The Morgan fingerprint density at radius 3 is 2.52 bits per heavy atom. The van der Waals surface area contributed by atoms with E-state index in [2.05, 4.69) is 20.5 Å². The van der Waals surface area contributed by atoms with Gasteiger partial charge in [-0.05, 0) is 52.7 Å². The summed E-state index contributed by atoms with van der Waals surface area (Å²) in [5.41, 5.74) is 1.08. The zero-order valence-electron chi connectivity index (χ0n) is 14.7. The zero-order chi connectivity index (χ0) is 20.9. The van der Waals surface area contributed by atoms with E-state index in [1.54, 1.807) is 23.1 Å². The van der Waals surface area contributed by atoms with Crippen molar-refractivity contribution in [3.05, 3.63) is 65.1 Å². The number of carbonyl (C=O) groups excluding carboxylic acids is 2. The number of thiophene rings is 1. The molecule has 1 aromatic carbocycles. The molecular weight excluding hydrogens is 409 g/mol. The lowest BCUT2D eigenvalue weighted by atomic mass is 10.1. The van der Waals surface area contributed by atoms with E-state index in [0.717, 1.165) is 17.7 Å². The largest absolute Gasteiger partial charge is 0.573 e. The highest BCUT2D eigenvalue weighted by Crippen LogP contribution is 2.24. The van der Waals surface area contributed by atoms with E-state index in [0.29, 0.717) is 0 Å². The number of ether oxygens (including phenoxy) is 1. The van der Waals surface area contributed by atoms with Crippen LogP contribution in [0.1, 0.15) is 11.6 Å². The van der Waals surface area contributed by atoms with E-state index in [1.165, 1.54) is 23.5 Å². The predicted octanol–water partition coefficient (Wildman–Crippen LogP) is 3.19. The molecule has 1 atom stereocenters. The number of anilines is 1. The van der Waals surface area contributed by atoms with Gasteiger partial charge >= 0.3 is 18.2 Å². The molecule has 11 heteroatoms. The van der Waals surface area contributed by atoms with Gasteiger partial charge in [0.25, 0.3) is 0 Å². The maximum atomic E-state index is 12.2. The lowest BCUT2D eigenvalue weighted by Crippen LogP contribution is -2.38. The number of halogens is 3. The monoisotopic (exact) mass is 424 g/mol. The number of hydrogen-bond acceptors (Lipinski definition) is 5. The van der Waals surface area contributed by atoms with E-state index < -0.39 is 23.9 Å². The molecular formula is C18H15F3N4O3S. The second-order valence-electron chi connectivity index (χ2n) is 5.79. The highest BCUT2D eigenvalue weighted by atomic mass is 32.1. The lowest BCUT2D eigenvalue weighted by molar-refractivity contribution is -0.274. The molecule has 0 fully saturated rings. The van der Waals surface area contributed by atoms with E-state index >= 15 is 0 Å². The average molecular weight is 424 g/mol. The van der Waals surface area contributed by atoms with Crippen LogP contribution in [0.3, 0.4) is 0 Å². The highest BCUT2D eigenvalue weighted by molar-refractivity contribution is 7.08. The molecule has 0 saturated heterocycles. The Balaban J connectivity index is 1.57. The minimum absolute atomic E-state index is 0.128. The summed E-state index contributed by atoms with van der Waals surface area (Å²) in [5, 5.41) is 12.8. The third-order valence-electron chi connectivity index (χ3n) is 3.78. The maximum absolute atomic E-state index is 12.2. The van der Waals surface area contributed by atoms with Gasteiger partial charge in [-0.1, -0.05) is 0 Å². The molecule has 0 spiro atoms. The number of nitrogens with zero attached hydrogens (tertiary/aromatic N) is 2. The molecule has 0 bridgehead atoms. The van der Waals surface area contributed by atoms with Crippen molar-refractivity contribution >= 4 is 28.8 Å². The first-order chi connectivity index (χ1) is 13.8. The van der Waals surface area contributed by atoms with E-state index in [9.17, 15) is 22.8 Å². The van der Waals surface area contributed by atoms with Gasteiger partial charge in [0.1, 0.15) is 5.75 Å². The second kappa shape index (κ2) is 8.78. The minimum Gasteiger partial charge on any atom is -0.406 e. The van der Waals surface area contributed by atoms with Crippen LogP contribution in [0.2, 0.25) is 0 Å². The van der Waals surface area contributed by atoms with Crippen LogP contribution in [0.15, 0.2) is 59.6 Å². The fraction of sp³-hybridized carbons (Fsp3) is 0.167. The van der Waals surface area contributed by atoms with Crippen LogP contribution in [0.4, 0.5) is 18.9 Å². The van der Waals surface area contributed by atoms with E-state index in [4.69, 9.17) is 0 Å². The van der Waals surface area contributed by atoms with Gasteiger partial charge in [0.15, 0.2) is 0 Å². The standard InChI is InChI=1S/C18H15F3N4O3S/c19-18(20,21)28-14-4-2-13(3-5-14)24-17(27)16(26)22-10-15(12-6-9-29-11-12)25-8-1-7-23-25/h1-9,11,15H,10H2,(H,22,26)(H,24,27)/t15-/m1/s1. The molecule has 0 aliphatic carbocycles. The van der Waals surface area contributed by atoms with Gasteiger partial charge in [0.05, 0.1) is 6.04 Å². The number of rotatable bonds is 6. The summed E-state index contributed by atoms with van der Waals surface area (Å²) < 4.78 is 41.9. The van der Waals surface area contributed by atoms with Gasteiger partial charge in [-0.15, -0.1) is 13.2 Å².